The molecule has 1 aromatic carbocycles. The number of ether oxygens (including phenoxy) is 2. The molecule has 0 N–H and O–H groups in total. The number of hydrogen-bond acceptors (Lipinski definition) is 5. The fourth-order valence-corrected chi connectivity index (χ4v) is 2.00. The van der Waals surface area contributed by atoms with Crippen LogP contribution in [0.2, 0.25) is 0 Å². The summed E-state index contributed by atoms with van der Waals surface area (Å²) in [5, 5.41) is 0. The average molecular weight is 296 g/mol. The van der Waals surface area contributed by atoms with Crippen molar-refractivity contribution in [1.82, 2.24) is 0 Å². The van der Waals surface area contributed by atoms with Crippen LogP contribution in [0.3, 0.4) is 0 Å². The summed E-state index contributed by atoms with van der Waals surface area (Å²) in [6, 6.07) is 8.85. The van der Waals surface area contributed by atoms with Crippen molar-refractivity contribution in [3.63, 3.8) is 0 Å². The number of carbonyl (C=O) groups excluding carboxylic acids is 2. The van der Waals surface area contributed by atoms with Crippen LogP contribution in [0.25, 0.3) is 0 Å². The van der Waals surface area contributed by atoms with Crippen LogP contribution in [0.1, 0.15) is 26.3 Å². The number of rotatable bonds is 3. The molecule has 1 aliphatic rings. The van der Waals surface area contributed by atoms with Gasteiger partial charge in [-0.1, -0.05) is 18.2 Å². The maximum atomic E-state index is 12.2. The first-order chi connectivity index (χ1) is 9.26. The van der Waals surface area contributed by atoms with Crippen molar-refractivity contribution in [2.45, 2.75) is 31.4 Å². The molecule has 1 heterocycles. The van der Waals surface area contributed by atoms with Crippen molar-refractivity contribution in [1.29, 1.82) is 0 Å². The van der Waals surface area contributed by atoms with Crippen LogP contribution in [0.4, 0.5) is 0 Å². The minimum absolute atomic E-state index is 0.0885. The number of benzene rings is 1. The Labute approximate surface area is 121 Å². The molecule has 106 valence electrons. The topological polar surface area (TPSA) is 65.0 Å². The molecule has 1 aliphatic heterocycles. The van der Waals surface area contributed by atoms with Crippen LogP contribution in [0, 0.1) is 0 Å². The fourth-order valence-electron chi connectivity index (χ4n) is 1.84. The Morgan fingerprint density at radius 2 is 1.95 bits per heavy atom. The van der Waals surface area contributed by atoms with Gasteiger partial charge in [0.25, 0.3) is 0 Å². The second-order valence-electron chi connectivity index (χ2n) is 4.88. The quantitative estimate of drug-likeness (QED) is 0.634. The number of esters is 2. The SMILES string of the molecule is CC(=O)OC1(C(C)(C)Cl)N=C(c2ccccc2)OC1=O. The molecular weight excluding hydrogens is 282 g/mol. The summed E-state index contributed by atoms with van der Waals surface area (Å²) in [6.07, 6.45) is 0. The minimum Gasteiger partial charge on any atom is -0.423 e. The Balaban J connectivity index is 2.50. The van der Waals surface area contributed by atoms with Crippen molar-refractivity contribution in [3.8, 4) is 0 Å². The Bertz CT molecular complexity index is 577. The Hall–Kier alpha value is -1.88. The maximum Gasteiger partial charge on any atom is 0.383 e. The highest BCUT2D eigenvalue weighted by atomic mass is 35.5. The van der Waals surface area contributed by atoms with Gasteiger partial charge in [0.2, 0.25) is 5.90 Å². The van der Waals surface area contributed by atoms with Crippen LogP contribution >= 0.6 is 11.6 Å². The molecule has 0 aliphatic carbocycles. The number of halogens is 1. The van der Waals surface area contributed by atoms with Crippen LogP contribution in [0.5, 0.6) is 0 Å². The maximum absolute atomic E-state index is 12.2. The van der Waals surface area contributed by atoms with E-state index in [4.69, 9.17) is 21.1 Å². The minimum atomic E-state index is -1.87. The van der Waals surface area contributed by atoms with Crippen LogP contribution in [0.15, 0.2) is 35.3 Å². The third kappa shape index (κ3) is 2.41. The third-order valence-electron chi connectivity index (χ3n) is 2.84. The predicted molar refractivity (Wildman–Crippen MR) is 73.5 cm³/mol. The van der Waals surface area contributed by atoms with Gasteiger partial charge in [0.1, 0.15) is 4.87 Å². The van der Waals surface area contributed by atoms with E-state index in [9.17, 15) is 9.59 Å². The molecule has 0 fully saturated rings. The third-order valence-corrected chi connectivity index (χ3v) is 3.10. The molecule has 6 heteroatoms. The van der Waals surface area contributed by atoms with E-state index in [0.717, 1.165) is 0 Å². The number of alkyl halides is 1. The number of aliphatic imine (C=N–C) groups is 1. The fraction of sp³-hybridized carbons (Fsp3) is 0.357. The molecule has 0 radical (unpaired) electrons. The molecule has 5 nitrogen and oxygen atoms in total. The van der Waals surface area contributed by atoms with Crippen molar-refractivity contribution in [3.05, 3.63) is 35.9 Å². The highest BCUT2D eigenvalue weighted by Gasteiger charge is 2.60. The van der Waals surface area contributed by atoms with Gasteiger partial charge in [0.05, 0.1) is 0 Å². The first-order valence-electron chi connectivity index (χ1n) is 6.02. The molecule has 0 bridgehead atoms. The standard InChI is InChI=1S/C14H14ClNO4/c1-9(17)20-14(13(2,3)15)12(18)19-11(16-14)10-7-5-4-6-8-10/h4-8H,1-3H3. The summed E-state index contributed by atoms with van der Waals surface area (Å²) >= 11 is 6.20. The van der Waals surface area contributed by atoms with Gasteiger partial charge in [0, 0.05) is 12.5 Å². The van der Waals surface area contributed by atoms with E-state index in [1.54, 1.807) is 24.3 Å². The first-order valence-corrected chi connectivity index (χ1v) is 6.40. The van der Waals surface area contributed by atoms with E-state index in [1.165, 1.54) is 20.8 Å². The van der Waals surface area contributed by atoms with Crippen molar-refractivity contribution >= 4 is 29.4 Å². The molecule has 0 aromatic heterocycles. The lowest BCUT2D eigenvalue weighted by molar-refractivity contribution is -0.175. The van der Waals surface area contributed by atoms with Gasteiger partial charge in [0.15, 0.2) is 0 Å². The zero-order valence-electron chi connectivity index (χ0n) is 11.3. The lowest BCUT2D eigenvalue weighted by Crippen LogP contribution is -2.52. The van der Waals surface area contributed by atoms with Crippen LogP contribution < -0.4 is 0 Å². The van der Waals surface area contributed by atoms with Crippen LogP contribution in [-0.4, -0.2) is 28.4 Å². The molecule has 0 spiro atoms. The summed E-state index contributed by atoms with van der Waals surface area (Å²) in [7, 11) is 0. The van der Waals surface area contributed by atoms with Crippen LogP contribution in [-0.2, 0) is 19.1 Å². The molecule has 2 rings (SSSR count). The van der Waals surface area contributed by atoms with E-state index in [-0.39, 0.29) is 5.90 Å². The molecule has 20 heavy (non-hydrogen) atoms. The largest absolute Gasteiger partial charge is 0.423 e. The predicted octanol–water partition coefficient (Wildman–Crippen LogP) is 2.27. The number of hydrogen-bond donors (Lipinski definition) is 0. The van der Waals surface area contributed by atoms with Gasteiger partial charge in [-0.25, -0.2) is 4.79 Å². The van der Waals surface area contributed by atoms with E-state index in [0.29, 0.717) is 5.56 Å². The summed E-state index contributed by atoms with van der Waals surface area (Å²) in [4.78, 5) is 26.4. The Morgan fingerprint density at radius 3 is 2.45 bits per heavy atom. The lowest BCUT2D eigenvalue weighted by atomic mass is 9.99. The summed E-state index contributed by atoms with van der Waals surface area (Å²) in [5.74, 6) is -1.37. The lowest BCUT2D eigenvalue weighted by Gasteiger charge is -2.31. The van der Waals surface area contributed by atoms with E-state index >= 15 is 0 Å². The Morgan fingerprint density at radius 1 is 1.35 bits per heavy atom. The highest BCUT2D eigenvalue weighted by Crippen LogP contribution is 2.39. The molecule has 0 amide bonds. The van der Waals surface area contributed by atoms with Gasteiger partial charge in [-0.3, -0.25) is 4.79 Å². The van der Waals surface area contributed by atoms with Gasteiger partial charge < -0.3 is 9.47 Å². The number of cyclic esters (lactones) is 1. The molecule has 0 saturated carbocycles. The number of carbonyl (C=O) groups is 2. The Kier molecular flexibility index (Phi) is 3.56. The van der Waals surface area contributed by atoms with Crippen molar-refractivity contribution in [2.24, 2.45) is 4.99 Å². The van der Waals surface area contributed by atoms with E-state index < -0.39 is 22.5 Å². The van der Waals surface area contributed by atoms with Crippen molar-refractivity contribution < 1.29 is 19.1 Å². The first kappa shape index (κ1) is 14.5. The van der Waals surface area contributed by atoms with Gasteiger partial charge >= 0.3 is 17.7 Å². The molecule has 1 unspecified atom stereocenters. The van der Waals surface area contributed by atoms with Crippen molar-refractivity contribution in [2.75, 3.05) is 0 Å². The van der Waals surface area contributed by atoms with Gasteiger partial charge in [-0.15, -0.1) is 11.6 Å². The van der Waals surface area contributed by atoms with E-state index in [1.807, 2.05) is 6.07 Å². The molecule has 1 atom stereocenters. The molecular formula is C14H14ClNO4. The smallest absolute Gasteiger partial charge is 0.383 e. The average Bonchev–Trinajstić information content (AvgIpc) is 2.68. The summed E-state index contributed by atoms with van der Waals surface area (Å²) < 4.78 is 10.2. The zero-order chi connectivity index (χ0) is 15.0. The second kappa shape index (κ2) is 4.90. The summed E-state index contributed by atoms with van der Waals surface area (Å²) in [5.41, 5.74) is -1.26. The van der Waals surface area contributed by atoms with Gasteiger partial charge in [-0.2, -0.15) is 4.99 Å². The van der Waals surface area contributed by atoms with Gasteiger partial charge in [-0.05, 0) is 26.0 Å². The number of nitrogens with zero attached hydrogens (tertiary/aromatic N) is 1. The molecule has 0 saturated heterocycles. The van der Waals surface area contributed by atoms with E-state index in [2.05, 4.69) is 4.99 Å². The zero-order valence-corrected chi connectivity index (χ0v) is 12.1. The second-order valence-corrected chi connectivity index (χ2v) is 5.83. The molecule has 1 aromatic rings. The summed E-state index contributed by atoms with van der Waals surface area (Å²) in [6.45, 7) is 4.26. The highest BCUT2D eigenvalue weighted by molar-refractivity contribution is 6.27. The normalized spacial score (nSPS) is 22.2. The monoisotopic (exact) mass is 295 g/mol.